The maximum atomic E-state index is 11.1. The second-order valence-electron chi connectivity index (χ2n) is 3.68. The molecule has 0 aliphatic rings. The third-order valence-electron chi connectivity index (χ3n) is 2.11. The molecule has 0 saturated carbocycles. The van der Waals surface area contributed by atoms with Crippen LogP contribution in [0.5, 0.6) is 0 Å². The molecule has 1 aromatic carbocycles. The second-order valence-corrected chi connectivity index (χ2v) is 5.25. The Bertz CT molecular complexity index is 568. The van der Waals surface area contributed by atoms with Gasteiger partial charge in [-0.25, -0.2) is 4.98 Å². The molecule has 1 aromatic heterocycles. The zero-order valence-corrected chi connectivity index (χ0v) is 11.8. The first-order valence-corrected chi connectivity index (χ1v) is 7.29. The van der Waals surface area contributed by atoms with Crippen LogP contribution in [0, 0.1) is 6.92 Å². The summed E-state index contributed by atoms with van der Waals surface area (Å²) < 4.78 is 26.8. The lowest BCUT2D eigenvalue weighted by atomic mass is 10.2. The van der Waals surface area contributed by atoms with Crippen LogP contribution in [0.1, 0.15) is 12.5 Å². The summed E-state index contributed by atoms with van der Waals surface area (Å²) in [6.07, 6.45) is 1.41. The zero-order chi connectivity index (χ0) is 14.1. The summed E-state index contributed by atoms with van der Waals surface area (Å²) >= 11 is 0. The monoisotopic (exact) mass is 279 g/mol. The Morgan fingerprint density at radius 3 is 2.11 bits per heavy atom. The Labute approximate surface area is 114 Å². The molecule has 0 atom stereocenters. The van der Waals surface area contributed by atoms with Gasteiger partial charge in [-0.1, -0.05) is 42.0 Å². The van der Waals surface area contributed by atoms with Crippen LogP contribution >= 0.6 is 0 Å². The van der Waals surface area contributed by atoms with E-state index in [1.807, 2.05) is 18.2 Å². The predicted octanol–water partition coefficient (Wildman–Crippen LogP) is 2.80. The quantitative estimate of drug-likeness (QED) is 0.811. The van der Waals surface area contributed by atoms with Crippen molar-refractivity contribution in [3.8, 4) is 0 Å². The molecule has 102 valence electrons. The van der Waals surface area contributed by atoms with Crippen molar-refractivity contribution in [1.82, 2.24) is 4.98 Å². The molecule has 1 heterocycles. The van der Waals surface area contributed by atoms with Crippen LogP contribution in [0.25, 0.3) is 0 Å². The van der Waals surface area contributed by atoms with E-state index in [1.165, 1.54) is 17.8 Å². The Morgan fingerprint density at radius 2 is 1.68 bits per heavy atom. The van der Waals surface area contributed by atoms with Gasteiger partial charge in [0.1, 0.15) is 0 Å². The fraction of sp³-hybridized carbons (Fsp3) is 0.214. The summed E-state index contributed by atoms with van der Waals surface area (Å²) in [5.41, 5.74) is 1.32. The molecule has 0 N–H and O–H groups in total. The number of aryl methyl sites for hydroxylation is 1. The fourth-order valence-electron chi connectivity index (χ4n) is 1.24. The van der Waals surface area contributed by atoms with Crippen molar-refractivity contribution in [1.29, 1.82) is 0 Å². The summed E-state index contributed by atoms with van der Waals surface area (Å²) in [5.74, 6) is 0. The predicted molar refractivity (Wildman–Crippen MR) is 74.2 cm³/mol. The number of aromatic nitrogens is 1. The maximum absolute atomic E-state index is 11.1. The molecule has 2 rings (SSSR count). The van der Waals surface area contributed by atoms with Gasteiger partial charge in [0.2, 0.25) is 0 Å². The Hall–Kier alpha value is -1.72. The van der Waals surface area contributed by atoms with Gasteiger partial charge in [0, 0.05) is 6.20 Å². The van der Waals surface area contributed by atoms with Gasteiger partial charge >= 0.3 is 10.1 Å². The summed E-state index contributed by atoms with van der Waals surface area (Å²) in [6, 6.07) is 14.9. The van der Waals surface area contributed by atoms with Crippen molar-refractivity contribution < 1.29 is 12.6 Å². The highest BCUT2D eigenvalue weighted by Crippen LogP contribution is 2.06. The van der Waals surface area contributed by atoms with Gasteiger partial charge in [0.15, 0.2) is 5.03 Å². The van der Waals surface area contributed by atoms with Crippen LogP contribution in [0.2, 0.25) is 0 Å². The third-order valence-corrected chi connectivity index (χ3v) is 3.41. The van der Waals surface area contributed by atoms with Crippen molar-refractivity contribution >= 4 is 10.1 Å². The molecule has 2 aromatic rings. The molecule has 0 unspecified atom stereocenters. The molecule has 0 amide bonds. The molecule has 4 nitrogen and oxygen atoms in total. The lowest BCUT2D eigenvalue weighted by molar-refractivity contribution is 0.336. The van der Waals surface area contributed by atoms with E-state index in [0.29, 0.717) is 0 Å². The van der Waals surface area contributed by atoms with E-state index in [-0.39, 0.29) is 11.6 Å². The third kappa shape index (κ3) is 5.63. The van der Waals surface area contributed by atoms with Crippen LogP contribution in [0.3, 0.4) is 0 Å². The van der Waals surface area contributed by atoms with Gasteiger partial charge in [-0.3, -0.25) is 4.18 Å². The number of hydrogen-bond donors (Lipinski definition) is 0. The van der Waals surface area contributed by atoms with Crippen LogP contribution in [-0.2, 0) is 14.3 Å². The molecule has 0 spiro atoms. The van der Waals surface area contributed by atoms with Gasteiger partial charge in [-0.15, -0.1) is 0 Å². The minimum Gasteiger partial charge on any atom is -0.265 e. The average Bonchev–Trinajstić information content (AvgIpc) is 2.41. The van der Waals surface area contributed by atoms with Gasteiger partial charge < -0.3 is 0 Å². The lowest BCUT2D eigenvalue weighted by Gasteiger charge is -2.00. The van der Waals surface area contributed by atoms with E-state index in [0.717, 1.165) is 0 Å². The second kappa shape index (κ2) is 7.66. The maximum Gasteiger partial charge on any atom is 0.314 e. The van der Waals surface area contributed by atoms with Gasteiger partial charge in [0.25, 0.3) is 0 Å². The van der Waals surface area contributed by atoms with E-state index in [2.05, 4.69) is 28.2 Å². The van der Waals surface area contributed by atoms with Gasteiger partial charge in [-0.2, -0.15) is 8.42 Å². The van der Waals surface area contributed by atoms with Crippen LogP contribution in [0.4, 0.5) is 0 Å². The Kier molecular flexibility index (Phi) is 6.18. The minimum absolute atomic E-state index is 0.0492. The largest absolute Gasteiger partial charge is 0.314 e. The van der Waals surface area contributed by atoms with Gasteiger partial charge in [-0.05, 0) is 26.0 Å². The number of hydrogen-bond acceptors (Lipinski definition) is 4. The van der Waals surface area contributed by atoms with Crippen molar-refractivity contribution in [3.05, 3.63) is 60.3 Å². The highest BCUT2D eigenvalue weighted by Gasteiger charge is 2.14. The molecular formula is C14H17NO3S. The van der Waals surface area contributed by atoms with E-state index in [9.17, 15) is 8.42 Å². The average molecular weight is 279 g/mol. The van der Waals surface area contributed by atoms with E-state index in [4.69, 9.17) is 0 Å². The molecule has 0 radical (unpaired) electrons. The molecule has 0 fully saturated rings. The zero-order valence-electron chi connectivity index (χ0n) is 11.0. The van der Waals surface area contributed by atoms with E-state index < -0.39 is 10.1 Å². The van der Waals surface area contributed by atoms with Crippen LogP contribution < -0.4 is 0 Å². The summed E-state index contributed by atoms with van der Waals surface area (Å²) in [4.78, 5) is 3.66. The van der Waals surface area contributed by atoms with Crippen molar-refractivity contribution in [3.63, 3.8) is 0 Å². The summed E-state index contributed by atoms with van der Waals surface area (Å²) in [7, 11) is -3.62. The molecule has 0 saturated heterocycles. The van der Waals surface area contributed by atoms with E-state index in [1.54, 1.807) is 19.1 Å². The molecule has 19 heavy (non-hydrogen) atoms. The highest BCUT2D eigenvalue weighted by atomic mass is 32.2. The fourth-order valence-corrected chi connectivity index (χ4v) is 2.11. The number of benzene rings is 1. The van der Waals surface area contributed by atoms with Crippen molar-refractivity contribution in [2.45, 2.75) is 18.9 Å². The Morgan fingerprint density at radius 1 is 1.05 bits per heavy atom. The topological polar surface area (TPSA) is 56.3 Å². The standard InChI is InChI=1S/C7H9NO3S.C7H8/c1-2-11-12(9,10)7-5-3-4-6-8-7;1-7-5-3-2-4-6-7/h3-6H,2H2,1H3;2-6H,1H3. The molecular weight excluding hydrogens is 262 g/mol. The molecule has 0 aliphatic carbocycles. The Balaban J connectivity index is 0.000000218. The lowest BCUT2D eigenvalue weighted by Crippen LogP contribution is -2.07. The first kappa shape index (κ1) is 15.3. The smallest absolute Gasteiger partial charge is 0.265 e. The normalized spacial score (nSPS) is 10.4. The number of nitrogens with zero attached hydrogens (tertiary/aromatic N) is 1. The first-order chi connectivity index (χ1) is 9.06. The SMILES string of the molecule is CCOS(=O)(=O)c1ccccn1.Cc1ccccc1. The van der Waals surface area contributed by atoms with E-state index >= 15 is 0 Å². The summed E-state index contributed by atoms with van der Waals surface area (Å²) in [6.45, 7) is 3.82. The van der Waals surface area contributed by atoms with Crippen LogP contribution in [-0.4, -0.2) is 20.0 Å². The van der Waals surface area contributed by atoms with Crippen molar-refractivity contribution in [2.24, 2.45) is 0 Å². The van der Waals surface area contributed by atoms with Crippen LogP contribution in [0.15, 0.2) is 59.8 Å². The molecule has 0 aliphatic heterocycles. The van der Waals surface area contributed by atoms with Crippen molar-refractivity contribution in [2.75, 3.05) is 6.61 Å². The summed E-state index contributed by atoms with van der Waals surface area (Å²) in [5, 5.41) is -0.0492. The first-order valence-electron chi connectivity index (χ1n) is 5.88. The van der Waals surface area contributed by atoms with Gasteiger partial charge in [0.05, 0.1) is 6.61 Å². The number of rotatable bonds is 3. The number of pyridine rings is 1. The highest BCUT2D eigenvalue weighted by molar-refractivity contribution is 7.86. The molecule has 0 bridgehead atoms. The minimum atomic E-state index is -3.62. The molecule has 5 heteroatoms.